The molecule has 2 N–H and O–H groups in total. The van der Waals surface area contributed by atoms with E-state index in [0.717, 1.165) is 21.1 Å². The lowest BCUT2D eigenvalue weighted by atomic mass is 10.2. The number of halogens is 2. The third kappa shape index (κ3) is 1.85. The maximum absolute atomic E-state index is 5.47. The number of hydrogen-bond acceptors (Lipinski definition) is 3. The van der Waals surface area contributed by atoms with E-state index >= 15 is 0 Å². The lowest BCUT2D eigenvalue weighted by Crippen LogP contribution is -1.96. The predicted molar refractivity (Wildman–Crippen MR) is 56.8 cm³/mol. The smallest absolute Gasteiger partial charge is 0.167 e. The second-order valence-corrected chi connectivity index (χ2v) is 3.39. The molecule has 1 aromatic carbocycles. The van der Waals surface area contributed by atoms with Crippen molar-refractivity contribution in [2.75, 3.05) is 0 Å². The molecule has 2 rings (SSSR count). The van der Waals surface area contributed by atoms with Crippen LogP contribution in [0.2, 0.25) is 0 Å². The minimum absolute atomic E-state index is 0. The Bertz CT molecular complexity index is 415. The van der Waals surface area contributed by atoms with E-state index in [1.54, 1.807) is 0 Å². The van der Waals surface area contributed by atoms with Crippen LogP contribution in [0, 0.1) is 0 Å². The fourth-order valence-corrected chi connectivity index (χ4v) is 1.47. The quantitative estimate of drug-likeness (QED) is 0.860. The normalized spacial score (nSPS) is 10.0. The third-order valence-corrected chi connectivity index (χ3v) is 2.19. The number of fused-ring (bicyclic) bond motifs is 1. The summed E-state index contributed by atoms with van der Waals surface area (Å²) in [5.41, 5.74) is 7.05. The Morgan fingerprint density at radius 2 is 2.23 bits per heavy atom. The molecule has 3 nitrogen and oxygen atoms in total. The highest BCUT2D eigenvalue weighted by Crippen LogP contribution is 2.22. The summed E-state index contributed by atoms with van der Waals surface area (Å²) < 4.78 is 6.05. The molecule has 0 radical (unpaired) electrons. The van der Waals surface area contributed by atoms with Gasteiger partial charge in [-0.1, -0.05) is 21.1 Å². The zero-order chi connectivity index (χ0) is 8.55. The number of nitrogens with two attached hydrogens (primary N) is 1. The Morgan fingerprint density at radius 1 is 1.46 bits per heavy atom. The minimum atomic E-state index is 0. The zero-order valence-corrected chi connectivity index (χ0v) is 9.06. The van der Waals surface area contributed by atoms with Crippen LogP contribution in [0.15, 0.2) is 27.2 Å². The maximum atomic E-state index is 5.47. The Labute approximate surface area is 89.8 Å². The van der Waals surface area contributed by atoms with E-state index in [9.17, 15) is 0 Å². The molecule has 0 spiro atoms. The molecular formula is C8H8BrClN2O. The molecule has 0 aliphatic carbocycles. The average Bonchev–Trinajstić information content (AvgIpc) is 2.46. The van der Waals surface area contributed by atoms with Crippen LogP contribution in [0.5, 0.6) is 0 Å². The number of rotatable bonds is 1. The van der Waals surface area contributed by atoms with Gasteiger partial charge >= 0.3 is 0 Å². The number of benzene rings is 1. The first-order valence-electron chi connectivity index (χ1n) is 3.55. The molecular weight excluding hydrogens is 255 g/mol. The predicted octanol–water partition coefficient (Wildman–Crippen LogP) is 2.47. The lowest BCUT2D eigenvalue weighted by Gasteiger charge is -1.90. The van der Waals surface area contributed by atoms with Crippen LogP contribution in [-0.2, 0) is 6.54 Å². The first-order valence-corrected chi connectivity index (χ1v) is 4.34. The second kappa shape index (κ2) is 4.09. The van der Waals surface area contributed by atoms with Crippen molar-refractivity contribution in [2.45, 2.75) is 6.54 Å². The topological polar surface area (TPSA) is 52.0 Å². The van der Waals surface area contributed by atoms with Crippen LogP contribution in [0.1, 0.15) is 5.69 Å². The molecule has 5 heteroatoms. The summed E-state index contributed by atoms with van der Waals surface area (Å²) in [6.45, 7) is 0.406. The summed E-state index contributed by atoms with van der Waals surface area (Å²) in [5, 5.41) is 4.81. The average molecular weight is 264 g/mol. The monoisotopic (exact) mass is 262 g/mol. The minimum Gasteiger partial charge on any atom is -0.356 e. The van der Waals surface area contributed by atoms with Gasteiger partial charge in [0.05, 0.1) is 0 Å². The SMILES string of the molecule is Cl.NCc1noc2ccc(Br)cc12. The van der Waals surface area contributed by atoms with E-state index < -0.39 is 0 Å². The molecule has 0 saturated heterocycles. The fraction of sp³-hybridized carbons (Fsp3) is 0.125. The Kier molecular flexibility index (Phi) is 3.30. The summed E-state index contributed by atoms with van der Waals surface area (Å²) in [5.74, 6) is 0. The molecule has 0 unspecified atom stereocenters. The van der Waals surface area contributed by atoms with Crippen molar-refractivity contribution in [1.29, 1.82) is 0 Å². The van der Waals surface area contributed by atoms with E-state index in [-0.39, 0.29) is 12.4 Å². The van der Waals surface area contributed by atoms with Gasteiger partial charge in [0.15, 0.2) is 5.58 Å². The molecule has 0 bridgehead atoms. The number of aromatic nitrogens is 1. The molecule has 2 aromatic rings. The van der Waals surface area contributed by atoms with Gasteiger partial charge in [-0.3, -0.25) is 0 Å². The summed E-state index contributed by atoms with van der Waals surface area (Å²) >= 11 is 3.37. The van der Waals surface area contributed by atoms with E-state index in [1.165, 1.54) is 0 Å². The Morgan fingerprint density at radius 3 is 2.92 bits per heavy atom. The van der Waals surface area contributed by atoms with Crippen molar-refractivity contribution in [3.05, 3.63) is 28.4 Å². The van der Waals surface area contributed by atoms with Crippen LogP contribution >= 0.6 is 28.3 Å². The van der Waals surface area contributed by atoms with Gasteiger partial charge in [-0.05, 0) is 18.2 Å². The first-order chi connectivity index (χ1) is 5.81. The van der Waals surface area contributed by atoms with Crippen LogP contribution in [0.4, 0.5) is 0 Å². The largest absolute Gasteiger partial charge is 0.356 e. The number of nitrogens with zero attached hydrogens (tertiary/aromatic N) is 1. The second-order valence-electron chi connectivity index (χ2n) is 2.47. The maximum Gasteiger partial charge on any atom is 0.167 e. The molecule has 0 atom stereocenters. The van der Waals surface area contributed by atoms with Crippen molar-refractivity contribution in [1.82, 2.24) is 5.16 Å². The van der Waals surface area contributed by atoms with E-state index in [1.807, 2.05) is 18.2 Å². The van der Waals surface area contributed by atoms with Crippen molar-refractivity contribution in [2.24, 2.45) is 5.73 Å². The van der Waals surface area contributed by atoms with Gasteiger partial charge in [0.25, 0.3) is 0 Å². The molecule has 0 fully saturated rings. The summed E-state index contributed by atoms with van der Waals surface area (Å²) in [6.07, 6.45) is 0. The van der Waals surface area contributed by atoms with Gasteiger partial charge in [0.1, 0.15) is 5.69 Å². The summed E-state index contributed by atoms with van der Waals surface area (Å²) in [7, 11) is 0. The van der Waals surface area contributed by atoms with Crippen LogP contribution in [0.25, 0.3) is 11.0 Å². The number of hydrogen-bond donors (Lipinski definition) is 1. The van der Waals surface area contributed by atoms with E-state index in [0.29, 0.717) is 6.54 Å². The molecule has 1 heterocycles. The fourth-order valence-electron chi connectivity index (χ4n) is 1.11. The van der Waals surface area contributed by atoms with Gasteiger partial charge in [0, 0.05) is 16.4 Å². The third-order valence-electron chi connectivity index (χ3n) is 1.70. The molecule has 1 aromatic heterocycles. The van der Waals surface area contributed by atoms with Crippen LogP contribution in [-0.4, -0.2) is 5.16 Å². The van der Waals surface area contributed by atoms with E-state index in [2.05, 4.69) is 21.1 Å². The lowest BCUT2D eigenvalue weighted by molar-refractivity contribution is 0.446. The van der Waals surface area contributed by atoms with Gasteiger partial charge in [0.2, 0.25) is 0 Å². The molecule has 0 aliphatic rings. The highest BCUT2D eigenvalue weighted by Gasteiger charge is 2.05. The van der Waals surface area contributed by atoms with Crippen LogP contribution in [0.3, 0.4) is 0 Å². The molecule has 0 saturated carbocycles. The van der Waals surface area contributed by atoms with Gasteiger partial charge in [-0.15, -0.1) is 12.4 Å². The Balaban J connectivity index is 0.000000845. The Hall–Kier alpha value is -0.580. The van der Waals surface area contributed by atoms with Crippen molar-refractivity contribution in [3.8, 4) is 0 Å². The molecule has 0 aliphatic heterocycles. The highest BCUT2D eigenvalue weighted by atomic mass is 79.9. The van der Waals surface area contributed by atoms with Crippen molar-refractivity contribution >= 4 is 39.3 Å². The summed E-state index contributed by atoms with van der Waals surface area (Å²) in [4.78, 5) is 0. The highest BCUT2D eigenvalue weighted by molar-refractivity contribution is 9.10. The molecule has 70 valence electrons. The van der Waals surface area contributed by atoms with Gasteiger partial charge in [-0.2, -0.15) is 0 Å². The van der Waals surface area contributed by atoms with Crippen molar-refractivity contribution < 1.29 is 4.52 Å². The standard InChI is InChI=1S/C8H7BrN2O.ClH/c9-5-1-2-8-6(3-5)7(4-10)11-12-8;/h1-3H,4,10H2;1H. The van der Waals surface area contributed by atoms with Gasteiger partial charge in [-0.25, -0.2) is 0 Å². The first kappa shape index (κ1) is 10.5. The van der Waals surface area contributed by atoms with E-state index in [4.69, 9.17) is 10.3 Å². The van der Waals surface area contributed by atoms with Crippen molar-refractivity contribution in [3.63, 3.8) is 0 Å². The van der Waals surface area contributed by atoms with Crippen LogP contribution < -0.4 is 5.73 Å². The molecule has 0 amide bonds. The zero-order valence-electron chi connectivity index (χ0n) is 6.66. The molecule has 13 heavy (non-hydrogen) atoms. The van der Waals surface area contributed by atoms with Gasteiger partial charge < -0.3 is 10.3 Å². The summed E-state index contributed by atoms with van der Waals surface area (Å²) in [6, 6.07) is 5.73.